The zero-order valence-corrected chi connectivity index (χ0v) is 29.2. The van der Waals surface area contributed by atoms with E-state index in [1.807, 2.05) is 73.7 Å². The van der Waals surface area contributed by atoms with Crippen molar-refractivity contribution in [2.75, 3.05) is 19.0 Å². The summed E-state index contributed by atoms with van der Waals surface area (Å²) in [6.45, 7) is 8.16. The van der Waals surface area contributed by atoms with Gasteiger partial charge >= 0.3 is 7.82 Å². The number of carbonyl (C=O) groups excluding carboxylic acids is 2. The molecule has 5 aromatic rings. The van der Waals surface area contributed by atoms with Gasteiger partial charge < -0.3 is 4.57 Å². The zero-order valence-electron chi connectivity index (χ0n) is 26.7. The van der Waals surface area contributed by atoms with Gasteiger partial charge in [-0.05, 0) is 93.9 Å². The Hall–Kier alpha value is -3.72. The number of nitrogens with zero attached hydrogens (tertiary/aromatic N) is 2. The average Bonchev–Trinajstić information content (AvgIpc) is 3.39. The number of phosphoric ester groups is 1. The molecule has 0 amide bonds. The molecule has 0 spiro atoms. The summed E-state index contributed by atoms with van der Waals surface area (Å²) in [6, 6.07) is 26.1. The van der Waals surface area contributed by atoms with E-state index in [9.17, 15) is 14.2 Å². The molecule has 0 aliphatic rings. The summed E-state index contributed by atoms with van der Waals surface area (Å²) in [5, 5.41) is 6.39. The molecule has 244 valence electrons. The average molecular weight is 691 g/mol. The topological polar surface area (TPSA) is 96.2 Å². The molecule has 5 rings (SSSR count). The van der Waals surface area contributed by atoms with Gasteiger partial charge in [0.2, 0.25) is 5.78 Å². The lowest BCUT2D eigenvalue weighted by atomic mass is 9.97. The third kappa shape index (κ3) is 7.88. The number of carbonyl (C=O) groups is 2. The first-order valence-corrected chi connectivity index (χ1v) is 18.2. The van der Waals surface area contributed by atoms with Crippen LogP contribution in [0, 0.1) is 6.92 Å². The van der Waals surface area contributed by atoms with Gasteiger partial charge in [-0.25, -0.2) is 4.57 Å². The van der Waals surface area contributed by atoms with E-state index in [2.05, 4.69) is 16.6 Å². The van der Waals surface area contributed by atoms with Gasteiger partial charge in [0, 0.05) is 67.1 Å². The van der Waals surface area contributed by atoms with Crippen molar-refractivity contribution in [2.45, 2.75) is 45.6 Å². The molecule has 0 saturated heterocycles. The highest BCUT2D eigenvalue weighted by Gasteiger charge is 2.28. The summed E-state index contributed by atoms with van der Waals surface area (Å²) < 4.78 is 31.0. The molecule has 0 aliphatic carbocycles. The molecule has 47 heavy (non-hydrogen) atoms. The minimum Gasteiger partial charge on any atom is -0.341 e. The van der Waals surface area contributed by atoms with Crippen LogP contribution in [0.5, 0.6) is 0 Å². The van der Waals surface area contributed by atoms with Crippen molar-refractivity contribution in [1.82, 2.24) is 4.57 Å². The highest BCUT2D eigenvalue weighted by Crippen LogP contribution is 2.49. The number of ketones is 2. The molecule has 0 N–H and O–H groups in total. The Balaban J connectivity index is 1.52. The normalized spacial score (nSPS) is 12.1. The number of fused-ring (bicyclic) bond motifs is 3. The molecule has 4 aromatic carbocycles. The van der Waals surface area contributed by atoms with Crippen molar-refractivity contribution in [2.24, 2.45) is 5.16 Å². The summed E-state index contributed by atoms with van der Waals surface area (Å²) >= 11 is 7.55. The zero-order chi connectivity index (χ0) is 33.6. The highest BCUT2D eigenvalue weighted by molar-refractivity contribution is 7.99. The van der Waals surface area contributed by atoms with E-state index >= 15 is 0 Å². The number of phosphoric acid groups is 1. The van der Waals surface area contributed by atoms with E-state index in [0.717, 1.165) is 32.3 Å². The van der Waals surface area contributed by atoms with Gasteiger partial charge in [-0.3, -0.25) is 23.3 Å². The number of rotatable bonds is 15. The molecule has 0 bridgehead atoms. The standard InChI is InChI=1S/C36H36ClN2O6PS/c1-5-39-33-18-12-25(35(40)29-11-9-8-10-24(29)4)22-30(33)31-23-26(13-19-34(31)39)36(41)32(38-45-46(42,43-6-2)44-7-3)20-21-47-28-16-14-27(37)15-17-28/h8-19,22-23H,5-7,20-21H2,1-4H3/b38-32+. The SMILES string of the molecule is CCOP(=O)(OCC)O/N=C(\CCSc1ccc(Cl)cc1)C(=O)c1ccc2c(c1)c1cc(C(=O)c3ccccc3C)ccc1n2CC. The maximum absolute atomic E-state index is 14.0. The summed E-state index contributed by atoms with van der Waals surface area (Å²) in [5.74, 6) is 0.0466. The van der Waals surface area contributed by atoms with E-state index in [-0.39, 0.29) is 36.9 Å². The number of hydrogen-bond acceptors (Lipinski definition) is 8. The third-order valence-corrected chi connectivity index (χ3v) is 10.3. The molecule has 0 fully saturated rings. The lowest BCUT2D eigenvalue weighted by Crippen LogP contribution is -2.16. The Morgan fingerprint density at radius 3 is 2.09 bits per heavy atom. The first-order chi connectivity index (χ1) is 22.7. The Bertz CT molecular complexity index is 2000. The van der Waals surface area contributed by atoms with E-state index < -0.39 is 7.82 Å². The number of aromatic nitrogens is 1. The van der Waals surface area contributed by atoms with Gasteiger partial charge in [-0.2, -0.15) is 0 Å². The number of Topliss-reactive ketones (excluding diaryl/α,β-unsaturated/α-hetero) is 1. The van der Waals surface area contributed by atoms with Crippen LogP contribution in [-0.2, 0) is 24.8 Å². The second-order valence-corrected chi connectivity index (χ2v) is 13.8. The quantitative estimate of drug-likeness (QED) is 0.0355. The molecule has 0 atom stereocenters. The fraction of sp³-hybridized carbons (Fsp3) is 0.250. The predicted molar refractivity (Wildman–Crippen MR) is 190 cm³/mol. The number of thioether (sulfide) groups is 1. The van der Waals surface area contributed by atoms with Gasteiger partial charge in [0.1, 0.15) is 5.71 Å². The second kappa shape index (κ2) is 15.5. The number of benzene rings is 4. The summed E-state index contributed by atoms with van der Waals surface area (Å²) in [6.07, 6.45) is 0.216. The van der Waals surface area contributed by atoms with Crippen molar-refractivity contribution in [1.29, 1.82) is 0 Å². The molecule has 8 nitrogen and oxygen atoms in total. The van der Waals surface area contributed by atoms with Crippen LogP contribution >= 0.6 is 31.2 Å². The predicted octanol–water partition coefficient (Wildman–Crippen LogP) is 9.93. The van der Waals surface area contributed by atoms with Crippen LogP contribution in [0.2, 0.25) is 5.02 Å². The molecule has 0 saturated carbocycles. The molecule has 0 aliphatic heterocycles. The summed E-state index contributed by atoms with van der Waals surface area (Å²) in [7, 11) is -4.01. The summed E-state index contributed by atoms with van der Waals surface area (Å²) in [4.78, 5) is 28.5. The first-order valence-electron chi connectivity index (χ1n) is 15.4. The Morgan fingerprint density at radius 1 is 0.851 bits per heavy atom. The van der Waals surface area contributed by atoms with E-state index in [4.69, 9.17) is 25.3 Å². The van der Waals surface area contributed by atoms with Crippen LogP contribution in [0.25, 0.3) is 21.8 Å². The lowest BCUT2D eigenvalue weighted by molar-refractivity contribution is 0.103. The summed E-state index contributed by atoms with van der Waals surface area (Å²) in [5.41, 5.74) is 4.46. The number of hydrogen-bond donors (Lipinski definition) is 0. The van der Waals surface area contributed by atoms with Crippen molar-refractivity contribution >= 4 is 70.3 Å². The fourth-order valence-electron chi connectivity index (χ4n) is 5.37. The van der Waals surface area contributed by atoms with E-state index in [1.165, 1.54) is 11.8 Å². The molecule has 1 aromatic heterocycles. The maximum Gasteiger partial charge on any atom is 0.550 e. The van der Waals surface area contributed by atoms with E-state index in [0.29, 0.717) is 34.0 Å². The third-order valence-electron chi connectivity index (χ3n) is 7.60. The monoisotopic (exact) mass is 690 g/mol. The Morgan fingerprint density at radius 2 is 1.47 bits per heavy atom. The molecule has 0 radical (unpaired) electrons. The minimum atomic E-state index is -4.01. The van der Waals surface area contributed by atoms with Gasteiger partial charge in [0.05, 0.1) is 13.2 Å². The van der Waals surface area contributed by atoms with Crippen LogP contribution in [0.4, 0.5) is 0 Å². The lowest BCUT2D eigenvalue weighted by Gasteiger charge is -2.14. The van der Waals surface area contributed by atoms with Crippen molar-refractivity contribution in [3.05, 3.63) is 112 Å². The highest BCUT2D eigenvalue weighted by atomic mass is 35.5. The van der Waals surface area contributed by atoms with Gasteiger partial charge in [0.15, 0.2) is 5.78 Å². The first kappa shape index (κ1) is 34.6. The Labute approximate surface area is 283 Å². The molecule has 1 heterocycles. The maximum atomic E-state index is 14.0. The van der Waals surface area contributed by atoms with Gasteiger partial charge in [0.25, 0.3) is 0 Å². The van der Waals surface area contributed by atoms with Crippen LogP contribution in [-0.4, -0.2) is 40.8 Å². The van der Waals surface area contributed by atoms with Crippen LogP contribution < -0.4 is 0 Å². The van der Waals surface area contributed by atoms with Crippen LogP contribution in [0.1, 0.15) is 59.0 Å². The molecular formula is C36H36ClN2O6PS. The van der Waals surface area contributed by atoms with Gasteiger partial charge in [-0.1, -0.05) is 41.0 Å². The van der Waals surface area contributed by atoms with Gasteiger partial charge in [-0.15, -0.1) is 11.8 Å². The molecule has 0 unspecified atom stereocenters. The van der Waals surface area contributed by atoms with Crippen LogP contribution in [0.3, 0.4) is 0 Å². The minimum absolute atomic E-state index is 0.0626. The number of aryl methyl sites for hydroxylation is 2. The number of halogens is 1. The number of oxime groups is 1. The van der Waals surface area contributed by atoms with Crippen molar-refractivity contribution in [3.63, 3.8) is 0 Å². The fourth-order valence-corrected chi connectivity index (χ4v) is 7.36. The molecular weight excluding hydrogens is 655 g/mol. The Kier molecular flexibility index (Phi) is 11.4. The van der Waals surface area contributed by atoms with Crippen molar-refractivity contribution in [3.8, 4) is 0 Å². The van der Waals surface area contributed by atoms with E-state index in [1.54, 1.807) is 32.0 Å². The molecule has 11 heteroatoms. The smallest absolute Gasteiger partial charge is 0.341 e. The van der Waals surface area contributed by atoms with Crippen LogP contribution in [0.15, 0.2) is 95.0 Å². The van der Waals surface area contributed by atoms with Crippen molar-refractivity contribution < 1.29 is 27.8 Å². The largest absolute Gasteiger partial charge is 0.550 e. The second-order valence-electron chi connectivity index (χ2n) is 10.6.